The predicted octanol–water partition coefficient (Wildman–Crippen LogP) is 8.51. The van der Waals surface area contributed by atoms with Gasteiger partial charge in [0, 0.05) is 19.6 Å². The van der Waals surface area contributed by atoms with Crippen LogP contribution in [0, 0.1) is 5.41 Å². The Labute approximate surface area is 355 Å². The molecule has 3 aromatic carbocycles. The van der Waals surface area contributed by atoms with E-state index in [2.05, 4.69) is 51.7 Å². The fraction of sp³-hybridized carbons (Fsp3) is 0.404. The van der Waals surface area contributed by atoms with Crippen molar-refractivity contribution in [2.75, 3.05) is 26.7 Å². The maximum absolute atomic E-state index is 14.6. The zero-order chi connectivity index (χ0) is 42.9. The zero-order valence-corrected chi connectivity index (χ0v) is 35.2. The lowest BCUT2D eigenvalue weighted by atomic mass is 9.67. The van der Waals surface area contributed by atoms with E-state index in [4.69, 9.17) is 14.7 Å². The maximum atomic E-state index is 14.6. The summed E-state index contributed by atoms with van der Waals surface area (Å²) in [5.41, 5.74) is 4.66. The highest BCUT2D eigenvalue weighted by atomic mass is 16.5. The van der Waals surface area contributed by atoms with Crippen LogP contribution in [0.4, 0.5) is 9.59 Å². The molecule has 3 aliphatic rings. The van der Waals surface area contributed by atoms with E-state index < -0.39 is 29.2 Å². The number of likely N-dealkylation sites (tertiary alicyclic amines) is 3. The normalized spacial score (nSPS) is 21.0. The third kappa shape index (κ3) is 7.86. The van der Waals surface area contributed by atoms with Crippen LogP contribution in [-0.2, 0) is 14.3 Å². The first-order chi connectivity index (χ1) is 29.4. The minimum absolute atomic E-state index is 0.123. The number of carbonyl (C=O) groups is 4. The molecule has 0 saturated carbocycles. The fourth-order valence-corrected chi connectivity index (χ4v) is 9.67. The number of H-pyrrole nitrogens is 2. The van der Waals surface area contributed by atoms with Gasteiger partial charge in [-0.25, -0.2) is 19.6 Å². The monoisotopic (exact) mass is 826 g/mol. The van der Waals surface area contributed by atoms with Crippen LogP contribution >= 0.6 is 0 Å². The van der Waals surface area contributed by atoms with Crippen LogP contribution in [0.2, 0.25) is 0 Å². The molecule has 0 aliphatic carbocycles. The maximum Gasteiger partial charge on any atom is 0.408 e. The van der Waals surface area contributed by atoms with E-state index in [0.717, 1.165) is 72.2 Å². The summed E-state index contributed by atoms with van der Waals surface area (Å²) in [5.74, 6) is 1.07. The highest BCUT2D eigenvalue weighted by molar-refractivity contribution is 5.91. The summed E-state index contributed by atoms with van der Waals surface area (Å²) in [6, 6.07) is 24.3. The molecule has 0 unspecified atom stereocenters. The number of carbonyl (C=O) groups excluding carboxylic acids is 3. The van der Waals surface area contributed by atoms with Crippen LogP contribution in [0.5, 0.6) is 0 Å². The van der Waals surface area contributed by atoms with Gasteiger partial charge in [0.1, 0.15) is 23.2 Å². The van der Waals surface area contributed by atoms with Crippen molar-refractivity contribution in [3.8, 4) is 33.6 Å². The first kappa shape index (κ1) is 41.3. The number of nitrogens with zero attached hydrogens (tertiary/aromatic N) is 5. The summed E-state index contributed by atoms with van der Waals surface area (Å²) >= 11 is 0. The number of hydrogen-bond acceptors (Lipinski definition) is 7. The third-order valence-corrected chi connectivity index (χ3v) is 12.9. The van der Waals surface area contributed by atoms with Crippen molar-refractivity contribution in [1.82, 2.24) is 40.0 Å². The molecule has 4 amide bonds. The SMILES string of the molecule is COC(=O)N[C@@H](C(=O)N1CCC[C@H]1c1ncc(-c2ccc(-c3ccc(-c4cnc([C@@H]5CCCN5C(=O)[C@]5(C(C)(C)C)CCCCN5C(=O)O)[nH]4)cc3)cc2)[nH]1)c1ccccc1. The second-order valence-corrected chi connectivity index (χ2v) is 17.3. The number of nitrogens with one attached hydrogen (secondary N) is 3. The molecule has 0 bridgehead atoms. The summed E-state index contributed by atoms with van der Waals surface area (Å²) in [6.45, 7) is 7.39. The lowest BCUT2D eigenvalue weighted by molar-refractivity contribution is -0.156. The number of aromatic amines is 2. The second kappa shape index (κ2) is 16.9. The van der Waals surface area contributed by atoms with Crippen molar-refractivity contribution in [2.45, 2.75) is 89.4 Å². The van der Waals surface area contributed by atoms with Gasteiger partial charge in [0.25, 0.3) is 5.91 Å². The Morgan fingerprint density at radius 3 is 1.79 bits per heavy atom. The van der Waals surface area contributed by atoms with Crippen molar-refractivity contribution < 1.29 is 29.0 Å². The van der Waals surface area contributed by atoms with Gasteiger partial charge in [-0.2, -0.15) is 0 Å². The highest BCUT2D eigenvalue weighted by Crippen LogP contribution is 2.47. The Morgan fingerprint density at radius 2 is 1.26 bits per heavy atom. The molecule has 0 radical (unpaired) electrons. The molecule has 5 heterocycles. The van der Waals surface area contributed by atoms with E-state index in [1.807, 2.05) is 74.3 Å². The average molecular weight is 827 g/mol. The Hall–Kier alpha value is -6.44. The average Bonchev–Trinajstić information content (AvgIpc) is 4.12. The summed E-state index contributed by atoms with van der Waals surface area (Å²) < 4.78 is 4.83. The minimum Gasteiger partial charge on any atom is -0.465 e. The molecule has 0 spiro atoms. The van der Waals surface area contributed by atoms with E-state index in [1.165, 1.54) is 12.0 Å². The quantitative estimate of drug-likeness (QED) is 0.114. The molecule has 8 rings (SSSR count). The largest absolute Gasteiger partial charge is 0.465 e. The molecular formula is C47H54N8O6. The number of benzene rings is 3. The van der Waals surface area contributed by atoms with Gasteiger partial charge in [-0.05, 0) is 78.2 Å². The number of ether oxygens (including phenoxy) is 1. The van der Waals surface area contributed by atoms with Gasteiger partial charge < -0.3 is 34.9 Å². The lowest BCUT2D eigenvalue weighted by Gasteiger charge is -2.53. The van der Waals surface area contributed by atoms with Crippen molar-refractivity contribution in [3.05, 3.63) is 108 Å². The number of aromatic nitrogens is 4. The second-order valence-electron chi connectivity index (χ2n) is 17.3. The van der Waals surface area contributed by atoms with Crippen LogP contribution in [0.25, 0.3) is 33.6 Å². The molecule has 4 atom stereocenters. The molecule has 14 nitrogen and oxygen atoms in total. The first-order valence-electron chi connectivity index (χ1n) is 21.2. The number of carboxylic acid groups (broad SMARTS) is 1. The molecule has 14 heteroatoms. The van der Waals surface area contributed by atoms with Crippen LogP contribution in [0.15, 0.2) is 91.3 Å². The Bertz CT molecular complexity index is 2370. The van der Waals surface area contributed by atoms with Gasteiger partial charge in [0.15, 0.2) is 0 Å². The molecule has 3 saturated heterocycles. The number of alkyl carbamates (subject to hydrolysis) is 1. The van der Waals surface area contributed by atoms with Crippen molar-refractivity contribution in [1.29, 1.82) is 0 Å². The van der Waals surface area contributed by atoms with Gasteiger partial charge in [-0.15, -0.1) is 0 Å². The van der Waals surface area contributed by atoms with Gasteiger partial charge >= 0.3 is 12.2 Å². The summed E-state index contributed by atoms with van der Waals surface area (Å²) in [7, 11) is 1.28. The highest BCUT2D eigenvalue weighted by Gasteiger charge is 2.58. The molecule has 61 heavy (non-hydrogen) atoms. The summed E-state index contributed by atoms with van der Waals surface area (Å²) in [4.78, 5) is 74.7. The molecule has 2 aromatic heterocycles. The zero-order valence-electron chi connectivity index (χ0n) is 35.2. The van der Waals surface area contributed by atoms with Gasteiger partial charge in [0.2, 0.25) is 5.91 Å². The Kier molecular flexibility index (Phi) is 11.4. The molecule has 3 fully saturated rings. The van der Waals surface area contributed by atoms with Gasteiger partial charge in [0.05, 0.1) is 43.0 Å². The molecule has 318 valence electrons. The van der Waals surface area contributed by atoms with E-state index >= 15 is 0 Å². The smallest absolute Gasteiger partial charge is 0.408 e. The van der Waals surface area contributed by atoms with Gasteiger partial charge in [-0.3, -0.25) is 14.5 Å². The van der Waals surface area contributed by atoms with Crippen LogP contribution in [0.1, 0.15) is 101 Å². The number of hydrogen-bond donors (Lipinski definition) is 4. The van der Waals surface area contributed by atoms with E-state index in [-0.39, 0.29) is 23.9 Å². The number of methoxy groups -OCH3 is 1. The molecular weight excluding hydrogens is 773 g/mol. The number of piperidine rings is 1. The first-order valence-corrected chi connectivity index (χ1v) is 21.2. The van der Waals surface area contributed by atoms with Crippen LogP contribution < -0.4 is 5.32 Å². The van der Waals surface area contributed by atoms with Crippen LogP contribution in [0.3, 0.4) is 0 Å². The lowest BCUT2D eigenvalue weighted by Crippen LogP contribution is -2.68. The predicted molar refractivity (Wildman–Crippen MR) is 230 cm³/mol. The molecule has 3 aliphatic heterocycles. The van der Waals surface area contributed by atoms with E-state index in [1.54, 1.807) is 11.1 Å². The fourth-order valence-electron chi connectivity index (χ4n) is 9.67. The summed E-state index contributed by atoms with van der Waals surface area (Å²) in [6.07, 6.45) is 7.09. The number of imidazole rings is 2. The topological polar surface area (TPSA) is 177 Å². The van der Waals surface area contributed by atoms with Crippen molar-refractivity contribution in [3.63, 3.8) is 0 Å². The third-order valence-electron chi connectivity index (χ3n) is 12.9. The molecule has 5 aromatic rings. The van der Waals surface area contributed by atoms with Crippen LogP contribution in [-0.4, -0.2) is 96.0 Å². The van der Waals surface area contributed by atoms with Crippen molar-refractivity contribution in [2.24, 2.45) is 5.41 Å². The Morgan fingerprint density at radius 1 is 0.738 bits per heavy atom. The standard InChI is InChI=1S/C47H54N8O6/c1-46(2,3)47(24-8-9-27-55(47)45(59)60)43(57)54-26-11-15-38(54)41-49-29-36(51-41)33-22-18-31(19-23-33)30-16-20-32(21-17-30)35-28-48-40(50-35)37-14-10-25-53(37)42(56)39(52-44(58)61-4)34-12-6-5-7-13-34/h5-7,12-13,16-23,28-29,37-39H,8-11,14-15,24-27H2,1-4H3,(H,48,50)(H,49,51)(H,52,58)(H,59,60)/t37-,38-,39+,47-/m0/s1. The van der Waals surface area contributed by atoms with E-state index in [9.17, 15) is 24.3 Å². The molecule has 4 N–H and O–H groups in total. The van der Waals surface area contributed by atoms with E-state index in [0.29, 0.717) is 43.3 Å². The minimum atomic E-state index is -1.14. The number of rotatable bonds is 9. The van der Waals surface area contributed by atoms with Gasteiger partial charge in [-0.1, -0.05) is 99.6 Å². The number of amides is 4. The summed E-state index contributed by atoms with van der Waals surface area (Å²) in [5, 5.41) is 12.9. The Balaban J connectivity index is 0.941. The van der Waals surface area contributed by atoms with Crippen molar-refractivity contribution >= 4 is 24.0 Å².